The summed E-state index contributed by atoms with van der Waals surface area (Å²) < 4.78 is 4.68. The molecule has 0 atom stereocenters. The molecule has 0 bridgehead atoms. The number of aromatic amines is 1. The summed E-state index contributed by atoms with van der Waals surface area (Å²) in [6.45, 7) is 1.75. The predicted octanol–water partition coefficient (Wildman–Crippen LogP) is 2.62. The van der Waals surface area contributed by atoms with Gasteiger partial charge in [-0.3, -0.25) is 0 Å². The van der Waals surface area contributed by atoms with Crippen LogP contribution in [-0.4, -0.2) is 23.2 Å². The molecule has 1 aromatic heterocycles. The molecule has 16 heavy (non-hydrogen) atoms. The highest BCUT2D eigenvalue weighted by molar-refractivity contribution is 6.38. The molecule has 0 radical (unpaired) electrons. The molecule has 0 amide bonds. The van der Waals surface area contributed by atoms with E-state index in [1.807, 2.05) is 0 Å². The number of methoxy groups -OCH3 is 1. The van der Waals surface area contributed by atoms with Gasteiger partial charge in [0.2, 0.25) is 0 Å². The lowest BCUT2D eigenvalue weighted by molar-refractivity contribution is 0.0602. The van der Waals surface area contributed by atoms with E-state index in [1.165, 1.54) is 13.2 Å². The number of aromatic nitrogens is 1. The average molecular weight is 240 g/mol. The zero-order chi connectivity index (χ0) is 11.9. The molecule has 2 N–H and O–H groups in total. The van der Waals surface area contributed by atoms with Gasteiger partial charge in [-0.2, -0.15) is 0 Å². The number of rotatable bonds is 1. The van der Waals surface area contributed by atoms with Crippen LogP contribution >= 0.6 is 11.6 Å². The largest absolute Gasteiger partial charge is 0.506 e. The zero-order valence-corrected chi connectivity index (χ0v) is 9.55. The first-order valence-electron chi connectivity index (χ1n) is 4.64. The molecule has 84 valence electrons. The molecule has 2 rings (SSSR count). The van der Waals surface area contributed by atoms with Gasteiger partial charge < -0.3 is 14.8 Å². The van der Waals surface area contributed by atoms with Crippen molar-refractivity contribution in [3.05, 3.63) is 28.4 Å². The number of H-pyrrole nitrogens is 1. The third-order valence-electron chi connectivity index (χ3n) is 2.46. The lowest BCUT2D eigenvalue weighted by atomic mass is 10.1. The van der Waals surface area contributed by atoms with Gasteiger partial charge in [0.15, 0.2) is 0 Å². The van der Waals surface area contributed by atoms with Gasteiger partial charge in [-0.05, 0) is 19.1 Å². The first kappa shape index (κ1) is 10.8. The molecular weight excluding hydrogens is 230 g/mol. The van der Waals surface area contributed by atoms with E-state index >= 15 is 0 Å². The van der Waals surface area contributed by atoms with Gasteiger partial charge in [0, 0.05) is 16.6 Å². The maximum Gasteiger partial charge on any atom is 0.340 e. The minimum absolute atomic E-state index is 0.0571. The van der Waals surface area contributed by atoms with Crippen LogP contribution in [-0.2, 0) is 4.74 Å². The molecule has 2 aromatic rings. The number of hydrogen-bond acceptors (Lipinski definition) is 3. The molecule has 0 saturated heterocycles. The van der Waals surface area contributed by atoms with Crippen LogP contribution < -0.4 is 0 Å². The molecule has 0 fully saturated rings. The third kappa shape index (κ3) is 1.42. The summed E-state index contributed by atoms with van der Waals surface area (Å²) in [5.41, 5.74) is 1.72. The fourth-order valence-electron chi connectivity index (χ4n) is 1.72. The molecule has 4 nitrogen and oxygen atoms in total. The first-order valence-corrected chi connectivity index (χ1v) is 5.02. The van der Waals surface area contributed by atoms with E-state index in [-0.39, 0.29) is 10.8 Å². The van der Waals surface area contributed by atoms with Gasteiger partial charge in [-0.1, -0.05) is 11.6 Å². The second-order valence-corrected chi connectivity index (χ2v) is 3.82. The molecule has 5 heteroatoms. The molecule has 0 aliphatic heterocycles. The normalized spacial score (nSPS) is 10.7. The summed E-state index contributed by atoms with van der Waals surface area (Å²) in [5.74, 6) is -0.533. The number of halogens is 1. The number of esters is 1. The number of phenols is 1. The van der Waals surface area contributed by atoms with E-state index in [1.54, 1.807) is 13.0 Å². The van der Waals surface area contributed by atoms with Crippen LogP contribution in [0.3, 0.4) is 0 Å². The van der Waals surface area contributed by atoms with Crippen molar-refractivity contribution in [2.45, 2.75) is 6.92 Å². The number of fused-ring (bicyclic) bond motifs is 1. The summed E-state index contributed by atoms with van der Waals surface area (Å²) in [7, 11) is 1.30. The number of aromatic hydroxyl groups is 1. The molecule has 1 aromatic carbocycles. The van der Waals surface area contributed by atoms with Crippen molar-refractivity contribution in [2.75, 3.05) is 7.11 Å². The van der Waals surface area contributed by atoms with Crippen molar-refractivity contribution >= 4 is 28.5 Å². The molecule has 1 heterocycles. The van der Waals surface area contributed by atoms with E-state index in [2.05, 4.69) is 9.72 Å². The summed E-state index contributed by atoms with van der Waals surface area (Å²) in [5, 5.41) is 10.2. The number of benzene rings is 1. The smallest absolute Gasteiger partial charge is 0.340 e. The third-order valence-corrected chi connectivity index (χ3v) is 2.84. The van der Waals surface area contributed by atoms with Gasteiger partial charge in [0.1, 0.15) is 5.75 Å². The Kier molecular flexibility index (Phi) is 2.52. The van der Waals surface area contributed by atoms with Crippen LogP contribution in [0.2, 0.25) is 5.02 Å². The van der Waals surface area contributed by atoms with E-state index in [9.17, 15) is 9.90 Å². The Balaban J connectivity index is 2.86. The van der Waals surface area contributed by atoms with Crippen LogP contribution in [0.25, 0.3) is 10.9 Å². The highest BCUT2D eigenvalue weighted by Crippen LogP contribution is 2.35. The second-order valence-electron chi connectivity index (χ2n) is 3.44. The van der Waals surface area contributed by atoms with Crippen molar-refractivity contribution in [3.63, 3.8) is 0 Å². The van der Waals surface area contributed by atoms with E-state index in [0.717, 1.165) is 0 Å². The fraction of sp³-hybridized carbons (Fsp3) is 0.182. The van der Waals surface area contributed by atoms with Crippen molar-refractivity contribution in [3.8, 4) is 5.75 Å². The Labute approximate surface area is 96.8 Å². The summed E-state index contributed by atoms with van der Waals surface area (Å²) >= 11 is 5.97. The molecule has 0 unspecified atom stereocenters. The Morgan fingerprint density at radius 2 is 2.19 bits per heavy atom. The lowest BCUT2D eigenvalue weighted by Crippen LogP contribution is -2.02. The molecule has 0 saturated carbocycles. The van der Waals surface area contributed by atoms with E-state index in [4.69, 9.17) is 11.6 Å². The predicted molar refractivity (Wildman–Crippen MR) is 61.1 cm³/mol. The van der Waals surface area contributed by atoms with Crippen molar-refractivity contribution in [1.29, 1.82) is 0 Å². The number of nitrogens with one attached hydrogen (secondary N) is 1. The lowest BCUT2D eigenvalue weighted by Gasteiger charge is -2.01. The SMILES string of the molecule is COC(=O)c1c(C)[nH]c2ccc(O)c(Cl)c12. The van der Waals surface area contributed by atoms with Crippen molar-refractivity contribution in [2.24, 2.45) is 0 Å². The minimum Gasteiger partial charge on any atom is -0.506 e. The standard InChI is InChI=1S/C11H10ClNO3/c1-5-8(11(15)16-2)9-6(13-5)3-4-7(14)10(9)12/h3-4,13-14H,1-2H3. The number of hydrogen-bond donors (Lipinski definition) is 2. The number of phenolic OH excluding ortho intramolecular Hbond substituents is 1. The molecule has 0 spiro atoms. The maximum atomic E-state index is 11.6. The maximum absolute atomic E-state index is 11.6. The quantitative estimate of drug-likeness (QED) is 0.752. The molecular formula is C11H10ClNO3. The molecule has 0 aliphatic rings. The van der Waals surface area contributed by atoms with Gasteiger partial charge >= 0.3 is 5.97 Å². The van der Waals surface area contributed by atoms with Gasteiger partial charge in [-0.15, -0.1) is 0 Å². The number of carbonyl (C=O) groups excluding carboxylic acids is 1. The van der Waals surface area contributed by atoms with E-state index in [0.29, 0.717) is 22.2 Å². The fourth-order valence-corrected chi connectivity index (χ4v) is 1.98. The summed E-state index contributed by atoms with van der Waals surface area (Å²) in [4.78, 5) is 14.6. The summed E-state index contributed by atoms with van der Waals surface area (Å²) in [6, 6.07) is 3.14. The topological polar surface area (TPSA) is 62.3 Å². The molecule has 0 aliphatic carbocycles. The van der Waals surface area contributed by atoms with Crippen LogP contribution in [0.15, 0.2) is 12.1 Å². The van der Waals surface area contributed by atoms with Gasteiger partial charge in [0.25, 0.3) is 0 Å². The number of aryl methyl sites for hydroxylation is 1. The minimum atomic E-state index is -0.476. The monoisotopic (exact) mass is 239 g/mol. The van der Waals surface area contributed by atoms with Gasteiger partial charge in [0.05, 0.1) is 17.7 Å². The van der Waals surface area contributed by atoms with Crippen LogP contribution in [0.5, 0.6) is 5.75 Å². The second kappa shape index (κ2) is 3.72. The number of ether oxygens (including phenoxy) is 1. The van der Waals surface area contributed by atoms with E-state index < -0.39 is 5.97 Å². The zero-order valence-electron chi connectivity index (χ0n) is 8.80. The van der Waals surface area contributed by atoms with Crippen molar-refractivity contribution < 1.29 is 14.6 Å². The highest BCUT2D eigenvalue weighted by Gasteiger charge is 2.20. The van der Waals surface area contributed by atoms with Crippen molar-refractivity contribution in [1.82, 2.24) is 4.98 Å². The Morgan fingerprint density at radius 1 is 1.50 bits per heavy atom. The Morgan fingerprint density at radius 3 is 2.81 bits per heavy atom. The van der Waals surface area contributed by atoms with Crippen LogP contribution in [0.1, 0.15) is 16.1 Å². The highest BCUT2D eigenvalue weighted by atomic mass is 35.5. The van der Waals surface area contributed by atoms with Crippen LogP contribution in [0.4, 0.5) is 0 Å². The Bertz CT molecular complexity index is 574. The van der Waals surface area contributed by atoms with Crippen LogP contribution in [0, 0.1) is 6.92 Å². The number of carbonyl (C=O) groups is 1. The van der Waals surface area contributed by atoms with Gasteiger partial charge in [-0.25, -0.2) is 4.79 Å². The Hall–Kier alpha value is -1.68. The first-order chi connectivity index (χ1) is 7.56. The summed E-state index contributed by atoms with van der Waals surface area (Å²) in [6.07, 6.45) is 0. The average Bonchev–Trinajstić information content (AvgIpc) is 2.60.